The zero-order valence-corrected chi connectivity index (χ0v) is 12.3. The molecule has 1 N–H and O–H groups in total. The summed E-state index contributed by atoms with van der Waals surface area (Å²) in [4.78, 5) is 26.1. The van der Waals surface area contributed by atoms with Gasteiger partial charge in [-0.3, -0.25) is 14.0 Å². The van der Waals surface area contributed by atoms with E-state index in [1.807, 2.05) is 12.1 Å². The van der Waals surface area contributed by atoms with Gasteiger partial charge in [0.05, 0.1) is 16.8 Å². The molecule has 2 amide bonds. The summed E-state index contributed by atoms with van der Waals surface area (Å²) in [5.41, 5.74) is 2.39. The van der Waals surface area contributed by atoms with Crippen molar-refractivity contribution in [2.45, 2.75) is 19.8 Å². The number of aromatic nitrogens is 1. The molecule has 21 heavy (non-hydrogen) atoms. The number of nitrogens with zero attached hydrogens (tertiary/aromatic N) is 1. The zero-order chi connectivity index (χ0) is 14.8. The fourth-order valence-electron chi connectivity index (χ4n) is 2.38. The van der Waals surface area contributed by atoms with Crippen LogP contribution in [0.4, 0.5) is 5.69 Å². The standard InChI is InChI=1S/C15H14N2O3S/c1-2-3-10-4-5-12-13(8-10)15(19)17(14(12)18)11-6-7-16-21-20-9-11/h4-9,16H,2-3H2,1H3. The van der Waals surface area contributed by atoms with Gasteiger partial charge in [-0.25, -0.2) is 4.90 Å². The maximum Gasteiger partial charge on any atom is 0.266 e. The van der Waals surface area contributed by atoms with Crippen LogP contribution in [0, 0.1) is 0 Å². The first kappa shape index (κ1) is 13.6. The van der Waals surface area contributed by atoms with Crippen LogP contribution in [0.15, 0.2) is 40.6 Å². The van der Waals surface area contributed by atoms with Gasteiger partial charge < -0.3 is 3.85 Å². The summed E-state index contributed by atoms with van der Waals surface area (Å²) in [5, 5.41) is 0. The topological polar surface area (TPSA) is 66.3 Å². The summed E-state index contributed by atoms with van der Waals surface area (Å²) in [6.07, 6.45) is 4.89. The minimum absolute atomic E-state index is 0.306. The lowest BCUT2D eigenvalue weighted by Gasteiger charge is -2.10. The number of anilines is 1. The van der Waals surface area contributed by atoms with Crippen molar-refractivity contribution in [2.75, 3.05) is 4.90 Å². The molecular weight excluding hydrogens is 288 g/mol. The Labute approximate surface area is 125 Å². The highest BCUT2D eigenvalue weighted by Gasteiger charge is 2.36. The Kier molecular flexibility index (Phi) is 3.62. The van der Waals surface area contributed by atoms with Crippen LogP contribution in [0.3, 0.4) is 0 Å². The number of hydrogen-bond donors (Lipinski definition) is 1. The van der Waals surface area contributed by atoms with Crippen LogP contribution in [0.5, 0.6) is 0 Å². The number of carbonyl (C=O) groups excluding carboxylic acids is 2. The third-order valence-corrected chi connectivity index (χ3v) is 3.76. The summed E-state index contributed by atoms with van der Waals surface area (Å²) in [7, 11) is 0. The minimum Gasteiger partial charge on any atom is -0.392 e. The van der Waals surface area contributed by atoms with E-state index in [2.05, 4.69) is 11.3 Å². The Balaban J connectivity index is 2.05. The number of rotatable bonds is 3. The third kappa shape index (κ3) is 2.38. The predicted molar refractivity (Wildman–Crippen MR) is 80.1 cm³/mol. The van der Waals surface area contributed by atoms with Crippen LogP contribution in [0.1, 0.15) is 39.6 Å². The number of hydrogen-bond acceptors (Lipinski definition) is 4. The van der Waals surface area contributed by atoms with Gasteiger partial charge in [0.1, 0.15) is 18.1 Å². The molecule has 0 spiro atoms. The van der Waals surface area contributed by atoms with Gasteiger partial charge in [-0.2, -0.15) is 0 Å². The first-order valence-corrected chi connectivity index (χ1v) is 7.43. The predicted octanol–water partition coefficient (Wildman–Crippen LogP) is 3.55. The van der Waals surface area contributed by atoms with E-state index in [1.165, 1.54) is 6.26 Å². The van der Waals surface area contributed by atoms with Gasteiger partial charge in [-0.1, -0.05) is 19.4 Å². The maximum atomic E-state index is 12.5. The molecule has 0 saturated heterocycles. The van der Waals surface area contributed by atoms with Crippen molar-refractivity contribution in [1.82, 2.24) is 4.37 Å². The van der Waals surface area contributed by atoms with Crippen molar-refractivity contribution in [2.24, 2.45) is 0 Å². The average Bonchev–Trinajstić information content (AvgIpc) is 2.67. The normalized spacial score (nSPS) is 13.5. The number of aromatic amines is 1. The van der Waals surface area contributed by atoms with Crippen molar-refractivity contribution in [1.29, 1.82) is 0 Å². The molecule has 108 valence electrons. The zero-order valence-electron chi connectivity index (χ0n) is 11.5. The Bertz CT molecular complexity index is 721. The molecule has 2 aromatic rings. The molecule has 6 heteroatoms. The molecule has 1 aromatic carbocycles. The van der Waals surface area contributed by atoms with E-state index in [4.69, 9.17) is 3.85 Å². The molecule has 0 atom stereocenters. The Morgan fingerprint density at radius 3 is 2.81 bits per heavy atom. The average molecular weight is 302 g/mol. The van der Waals surface area contributed by atoms with E-state index >= 15 is 0 Å². The Morgan fingerprint density at radius 2 is 2.00 bits per heavy atom. The highest BCUT2D eigenvalue weighted by molar-refractivity contribution is 6.96. The number of fused-ring (bicyclic) bond motifs is 1. The summed E-state index contributed by atoms with van der Waals surface area (Å²) < 4.78 is 7.90. The summed E-state index contributed by atoms with van der Waals surface area (Å²) in [5.74, 6) is -0.621. The fraction of sp³-hybridized carbons (Fsp3) is 0.200. The molecule has 0 bridgehead atoms. The quantitative estimate of drug-likeness (QED) is 0.882. The first-order valence-electron chi connectivity index (χ1n) is 6.68. The first-order chi connectivity index (χ1) is 10.2. The molecular formula is C15H14N2O3S. The molecule has 0 unspecified atom stereocenters. The molecule has 1 aromatic heterocycles. The van der Waals surface area contributed by atoms with E-state index < -0.39 is 0 Å². The van der Waals surface area contributed by atoms with Crippen molar-refractivity contribution in [3.8, 4) is 0 Å². The van der Waals surface area contributed by atoms with E-state index in [9.17, 15) is 9.59 Å². The number of imide groups is 1. The van der Waals surface area contributed by atoms with Gasteiger partial charge in [0.15, 0.2) is 0 Å². The maximum absolute atomic E-state index is 12.5. The molecule has 1 aliphatic heterocycles. The van der Waals surface area contributed by atoms with Crippen molar-refractivity contribution >= 4 is 29.3 Å². The summed E-state index contributed by atoms with van der Waals surface area (Å²) >= 11 is 1.01. The molecule has 1 aliphatic rings. The number of benzene rings is 1. The number of amides is 2. The molecule has 3 rings (SSSR count). The second-order valence-corrected chi connectivity index (χ2v) is 5.34. The highest BCUT2D eigenvalue weighted by Crippen LogP contribution is 2.28. The molecule has 0 fully saturated rings. The summed E-state index contributed by atoms with van der Waals surface area (Å²) in [6.45, 7) is 2.08. The van der Waals surface area contributed by atoms with Crippen LogP contribution < -0.4 is 4.90 Å². The second-order valence-electron chi connectivity index (χ2n) is 4.75. The monoisotopic (exact) mass is 302 g/mol. The van der Waals surface area contributed by atoms with Crippen molar-refractivity contribution in [3.63, 3.8) is 0 Å². The highest BCUT2D eigenvalue weighted by atomic mass is 32.1. The number of nitrogens with one attached hydrogen (secondary N) is 1. The van der Waals surface area contributed by atoms with Gasteiger partial charge in [-0.15, -0.1) is 0 Å². The van der Waals surface area contributed by atoms with Gasteiger partial charge >= 0.3 is 0 Å². The molecule has 5 nitrogen and oxygen atoms in total. The number of H-pyrrole nitrogens is 1. The molecule has 2 heterocycles. The lowest BCUT2D eigenvalue weighted by molar-refractivity contribution is 0.0925. The third-order valence-electron chi connectivity index (χ3n) is 3.34. The SMILES string of the molecule is CCCc1ccc2c(c1)C(=O)N(c1cc[nH]soc1)C2=O. The fourth-order valence-corrected chi connectivity index (χ4v) is 2.71. The van der Waals surface area contributed by atoms with E-state index in [0.717, 1.165) is 35.1 Å². The van der Waals surface area contributed by atoms with Crippen molar-refractivity contribution in [3.05, 3.63) is 53.4 Å². The van der Waals surface area contributed by atoms with E-state index in [-0.39, 0.29) is 11.8 Å². The smallest absolute Gasteiger partial charge is 0.266 e. The summed E-state index contributed by atoms with van der Waals surface area (Å²) in [6, 6.07) is 7.08. The van der Waals surface area contributed by atoms with Gasteiger partial charge in [0.25, 0.3) is 11.8 Å². The van der Waals surface area contributed by atoms with Gasteiger partial charge in [-0.05, 0) is 30.2 Å². The lowest BCUT2D eigenvalue weighted by Crippen LogP contribution is -2.29. The van der Waals surface area contributed by atoms with Crippen molar-refractivity contribution < 1.29 is 13.4 Å². The van der Waals surface area contributed by atoms with Crippen LogP contribution >= 0.6 is 11.8 Å². The minimum atomic E-state index is -0.315. The van der Waals surface area contributed by atoms with E-state index in [1.54, 1.807) is 18.3 Å². The van der Waals surface area contributed by atoms with Crippen LogP contribution in [-0.4, -0.2) is 16.2 Å². The largest absolute Gasteiger partial charge is 0.392 e. The second kappa shape index (κ2) is 5.57. The van der Waals surface area contributed by atoms with Crippen LogP contribution in [0.25, 0.3) is 0 Å². The lowest BCUT2D eigenvalue weighted by atomic mass is 10.0. The molecule has 0 radical (unpaired) electrons. The van der Waals surface area contributed by atoms with Crippen LogP contribution in [0.2, 0.25) is 0 Å². The van der Waals surface area contributed by atoms with Gasteiger partial charge in [0, 0.05) is 6.20 Å². The molecule has 0 aliphatic carbocycles. The van der Waals surface area contributed by atoms with Gasteiger partial charge in [0.2, 0.25) is 0 Å². The van der Waals surface area contributed by atoms with E-state index in [0.29, 0.717) is 16.8 Å². The number of aryl methyl sites for hydroxylation is 1. The Morgan fingerprint density at radius 1 is 1.19 bits per heavy atom. The Hall–Kier alpha value is -2.34. The van der Waals surface area contributed by atoms with Crippen LogP contribution in [-0.2, 0) is 6.42 Å². The molecule has 0 saturated carbocycles. The number of carbonyl (C=O) groups is 2.